The molecule has 0 saturated carbocycles. The molecule has 0 amide bonds. The Hall–Kier alpha value is -3.40. The molecular weight excluding hydrogens is 522 g/mol. The minimum Gasteiger partial charge on any atom is -0.406 e. The SMILES string of the molecule is CC1(O)CN(c2cccc(CC3(c4cccc(OC(F)(F)F)c4)CN(CCC(F)(F)F)c4ccccc43)c2)C1. The fourth-order valence-electron chi connectivity index (χ4n) is 5.77. The first-order chi connectivity index (χ1) is 18.2. The molecule has 2 aliphatic heterocycles. The number of hydrogen-bond acceptors (Lipinski definition) is 4. The van der Waals surface area contributed by atoms with Crippen molar-refractivity contribution in [1.82, 2.24) is 0 Å². The van der Waals surface area contributed by atoms with Gasteiger partial charge in [-0.05, 0) is 60.4 Å². The van der Waals surface area contributed by atoms with Gasteiger partial charge in [0.05, 0.1) is 12.0 Å². The highest BCUT2D eigenvalue weighted by Gasteiger charge is 2.45. The van der Waals surface area contributed by atoms with Crippen LogP contribution in [0.1, 0.15) is 30.0 Å². The van der Waals surface area contributed by atoms with Gasteiger partial charge in [0.25, 0.3) is 0 Å². The van der Waals surface area contributed by atoms with E-state index in [2.05, 4.69) is 4.74 Å². The second-order valence-corrected chi connectivity index (χ2v) is 10.7. The summed E-state index contributed by atoms with van der Waals surface area (Å²) in [4.78, 5) is 3.68. The Labute approximate surface area is 222 Å². The van der Waals surface area contributed by atoms with E-state index in [1.165, 1.54) is 18.2 Å². The van der Waals surface area contributed by atoms with E-state index in [0.29, 0.717) is 30.8 Å². The highest BCUT2D eigenvalue weighted by molar-refractivity contribution is 5.67. The van der Waals surface area contributed by atoms with Gasteiger partial charge in [-0.25, -0.2) is 0 Å². The summed E-state index contributed by atoms with van der Waals surface area (Å²) in [7, 11) is 0. The molecular formula is C29H28F6N2O2. The number of ether oxygens (including phenoxy) is 1. The molecule has 2 heterocycles. The average molecular weight is 551 g/mol. The Bertz CT molecular complexity index is 1330. The maximum absolute atomic E-state index is 13.2. The van der Waals surface area contributed by atoms with E-state index >= 15 is 0 Å². The van der Waals surface area contributed by atoms with Gasteiger partial charge in [-0.2, -0.15) is 13.2 Å². The Balaban J connectivity index is 1.57. The van der Waals surface area contributed by atoms with Crippen molar-refractivity contribution in [2.24, 2.45) is 0 Å². The lowest BCUT2D eigenvalue weighted by atomic mass is 9.71. The number of fused-ring (bicyclic) bond motifs is 1. The fraction of sp³-hybridized carbons (Fsp3) is 0.379. The zero-order valence-corrected chi connectivity index (χ0v) is 21.2. The van der Waals surface area contributed by atoms with Crippen LogP contribution in [0.15, 0.2) is 72.8 Å². The van der Waals surface area contributed by atoms with Gasteiger partial charge in [0.15, 0.2) is 0 Å². The molecule has 39 heavy (non-hydrogen) atoms. The number of nitrogens with zero attached hydrogens (tertiary/aromatic N) is 2. The van der Waals surface area contributed by atoms with Gasteiger partial charge in [-0.15, -0.1) is 13.2 Å². The molecule has 1 N–H and O–H groups in total. The number of aliphatic hydroxyl groups is 1. The van der Waals surface area contributed by atoms with Crippen LogP contribution in [0, 0.1) is 0 Å². The third kappa shape index (κ3) is 5.95. The van der Waals surface area contributed by atoms with Gasteiger partial charge in [0, 0.05) is 43.0 Å². The highest BCUT2D eigenvalue weighted by Crippen LogP contribution is 2.48. The van der Waals surface area contributed by atoms with Gasteiger partial charge in [-0.3, -0.25) is 0 Å². The molecule has 208 valence electrons. The molecule has 1 saturated heterocycles. The third-order valence-electron chi connectivity index (χ3n) is 7.35. The summed E-state index contributed by atoms with van der Waals surface area (Å²) in [6.45, 7) is 2.56. The van der Waals surface area contributed by atoms with E-state index in [-0.39, 0.29) is 18.8 Å². The van der Waals surface area contributed by atoms with Crippen LogP contribution in [-0.4, -0.2) is 49.4 Å². The molecule has 3 aromatic rings. The van der Waals surface area contributed by atoms with Crippen molar-refractivity contribution < 1.29 is 36.2 Å². The molecule has 1 unspecified atom stereocenters. The van der Waals surface area contributed by atoms with Crippen molar-refractivity contribution in [3.63, 3.8) is 0 Å². The molecule has 5 rings (SSSR count). The smallest absolute Gasteiger partial charge is 0.406 e. The van der Waals surface area contributed by atoms with Crippen LogP contribution < -0.4 is 14.5 Å². The standard InChI is InChI=1S/C29H28F6N2O2/c1-26(38)17-37(18-26)22-8-4-6-20(14-22)16-27(21-7-5-9-23(15-21)39-29(33,34)35)19-36(13-12-28(30,31)32)25-11-3-2-10-24(25)27/h2-11,14-15,38H,12-13,16-19H2,1H3. The van der Waals surface area contributed by atoms with Crippen molar-refractivity contribution in [3.05, 3.63) is 89.5 Å². The summed E-state index contributed by atoms with van der Waals surface area (Å²) < 4.78 is 83.0. The van der Waals surface area contributed by atoms with Gasteiger partial charge < -0.3 is 19.6 Å². The van der Waals surface area contributed by atoms with E-state index in [9.17, 15) is 31.4 Å². The lowest BCUT2D eigenvalue weighted by Gasteiger charge is -2.46. The maximum Gasteiger partial charge on any atom is 0.573 e. The Morgan fingerprint density at radius 2 is 1.59 bits per heavy atom. The molecule has 0 bridgehead atoms. The predicted octanol–water partition coefficient (Wildman–Crippen LogP) is 6.46. The van der Waals surface area contributed by atoms with Gasteiger partial charge in [0.2, 0.25) is 0 Å². The van der Waals surface area contributed by atoms with E-state index in [1.54, 1.807) is 36.1 Å². The number of anilines is 2. The summed E-state index contributed by atoms with van der Waals surface area (Å²) in [5, 5.41) is 10.2. The van der Waals surface area contributed by atoms with Crippen LogP contribution in [0.4, 0.5) is 37.7 Å². The van der Waals surface area contributed by atoms with Crippen LogP contribution in [0.5, 0.6) is 5.75 Å². The predicted molar refractivity (Wildman–Crippen MR) is 136 cm³/mol. The second-order valence-electron chi connectivity index (χ2n) is 10.7. The quantitative estimate of drug-likeness (QED) is 0.343. The number of benzene rings is 3. The normalized spacial score (nSPS) is 20.5. The van der Waals surface area contributed by atoms with Crippen molar-refractivity contribution in [2.75, 3.05) is 36.0 Å². The first-order valence-electron chi connectivity index (χ1n) is 12.6. The number of β-amino-alcohol motifs (C(OH)–C–C–N with tert-alkyl or cyclic N) is 1. The van der Waals surface area contributed by atoms with Crippen molar-refractivity contribution in [2.45, 2.75) is 43.3 Å². The topological polar surface area (TPSA) is 35.9 Å². The molecule has 2 aliphatic rings. The molecule has 0 radical (unpaired) electrons. The molecule has 1 atom stereocenters. The maximum atomic E-state index is 13.2. The lowest BCUT2D eigenvalue weighted by Crippen LogP contribution is -2.60. The highest BCUT2D eigenvalue weighted by atomic mass is 19.4. The Kier molecular flexibility index (Phi) is 6.73. The molecule has 0 spiro atoms. The van der Waals surface area contributed by atoms with Crippen LogP contribution in [-0.2, 0) is 11.8 Å². The second kappa shape index (κ2) is 9.66. The van der Waals surface area contributed by atoms with E-state index in [0.717, 1.165) is 16.8 Å². The van der Waals surface area contributed by atoms with Crippen LogP contribution >= 0.6 is 0 Å². The monoisotopic (exact) mass is 550 g/mol. The number of halogens is 6. The number of hydrogen-bond donors (Lipinski definition) is 1. The molecule has 1 fully saturated rings. The summed E-state index contributed by atoms with van der Waals surface area (Å²) >= 11 is 0. The van der Waals surface area contributed by atoms with E-state index in [4.69, 9.17) is 0 Å². The van der Waals surface area contributed by atoms with E-state index in [1.807, 2.05) is 35.2 Å². The molecule has 0 aliphatic carbocycles. The summed E-state index contributed by atoms with van der Waals surface area (Å²) in [6.07, 6.45) is -9.92. The molecule has 10 heteroatoms. The Morgan fingerprint density at radius 1 is 0.872 bits per heavy atom. The molecule has 3 aromatic carbocycles. The average Bonchev–Trinajstić information content (AvgIpc) is 3.15. The van der Waals surface area contributed by atoms with Crippen LogP contribution in [0.25, 0.3) is 0 Å². The largest absolute Gasteiger partial charge is 0.573 e. The summed E-state index contributed by atoms with van der Waals surface area (Å²) in [6, 6.07) is 20.5. The summed E-state index contributed by atoms with van der Waals surface area (Å²) in [5.74, 6) is -0.387. The zero-order chi connectivity index (χ0) is 28.1. The first kappa shape index (κ1) is 27.2. The Morgan fingerprint density at radius 3 is 2.28 bits per heavy atom. The van der Waals surface area contributed by atoms with Crippen molar-refractivity contribution in [1.29, 1.82) is 0 Å². The first-order valence-corrected chi connectivity index (χ1v) is 12.6. The van der Waals surface area contributed by atoms with Gasteiger partial charge in [-0.1, -0.05) is 42.5 Å². The van der Waals surface area contributed by atoms with Crippen molar-refractivity contribution in [3.8, 4) is 5.75 Å². The molecule has 0 aromatic heterocycles. The van der Waals surface area contributed by atoms with Crippen LogP contribution in [0.3, 0.4) is 0 Å². The molecule has 4 nitrogen and oxygen atoms in total. The van der Waals surface area contributed by atoms with Crippen LogP contribution in [0.2, 0.25) is 0 Å². The summed E-state index contributed by atoms with van der Waals surface area (Å²) in [5.41, 5.74) is 1.93. The number of alkyl halides is 6. The fourth-order valence-corrected chi connectivity index (χ4v) is 5.77. The zero-order valence-electron chi connectivity index (χ0n) is 21.2. The van der Waals surface area contributed by atoms with Gasteiger partial charge in [0.1, 0.15) is 5.75 Å². The van der Waals surface area contributed by atoms with E-state index < -0.39 is 30.0 Å². The van der Waals surface area contributed by atoms with Crippen molar-refractivity contribution >= 4 is 11.4 Å². The number of rotatable bonds is 7. The van der Waals surface area contributed by atoms with Gasteiger partial charge >= 0.3 is 12.5 Å². The number of para-hydroxylation sites is 1. The minimum absolute atomic E-state index is 0.153. The third-order valence-corrected chi connectivity index (χ3v) is 7.35. The minimum atomic E-state index is -4.88. The lowest BCUT2D eigenvalue weighted by molar-refractivity contribution is -0.274.